The minimum absolute atomic E-state index is 0. The van der Waals surface area contributed by atoms with Crippen LogP contribution in [0.4, 0.5) is 0 Å². The molecule has 0 aliphatic rings. The van der Waals surface area contributed by atoms with Crippen molar-refractivity contribution in [3.8, 4) is 0 Å². The Balaban J connectivity index is 0. The molecule has 0 radical (unpaired) electrons. The number of carbonyl (C=O) groups is 2. The van der Waals surface area contributed by atoms with Gasteiger partial charge >= 0.3 is 11.9 Å². The molecule has 0 amide bonds. The van der Waals surface area contributed by atoms with Crippen LogP contribution in [-0.2, 0) is 29.2 Å². The smallest absolute Gasteiger partial charge is 0.327 e. The maximum atomic E-state index is 11.8. The maximum Gasteiger partial charge on any atom is 0.327 e. The molecule has 0 aromatic rings. The van der Waals surface area contributed by atoms with Gasteiger partial charge in [-0.05, 0) is 12.8 Å². The molecule has 7 nitrogen and oxygen atoms in total. The second kappa shape index (κ2) is 15.1. The standard InChI is InChI=1S/C16H30O7S.CH4/c1-3-5-7-9-11-22-15(17)13-14(24(19,20)21)16(18)23-12-10-8-6-4-2;/h14H,3-13H2,1-2H3,(H,19,20,21);1H4. The quantitative estimate of drug-likeness (QED) is 0.278. The first kappa shape index (κ1) is 26.1. The molecule has 0 saturated carbocycles. The van der Waals surface area contributed by atoms with Gasteiger partial charge in [-0.1, -0.05) is 59.8 Å². The summed E-state index contributed by atoms with van der Waals surface area (Å²) in [4.78, 5) is 23.5. The summed E-state index contributed by atoms with van der Waals surface area (Å²) in [5.74, 6) is -1.95. The molecule has 0 rings (SSSR count). The molecule has 25 heavy (non-hydrogen) atoms. The first-order valence-electron chi connectivity index (χ1n) is 8.61. The molecule has 150 valence electrons. The molecule has 0 aromatic heterocycles. The summed E-state index contributed by atoms with van der Waals surface area (Å²) in [5, 5.41) is -1.92. The second-order valence-electron chi connectivity index (χ2n) is 5.72. The van der Waals surface area contributed by atoms with Crippen LogP contribution < -0.4 is 0 Å². The Morgan fingerprint density at radius 1 is 0.880 bits per heavy atom. The minimum atomic E-state index is -4.72. The lowest BCUT2D eigenvalue weighted by Gasteiger charge is -2.13. The van der Waals surface area contributed by atoms with Gasteiger partial charge < -0.3 is 9.47 Å². The van der Waals surface area contributed by atoms with Crippen LogP contribution in [0.25, 0.3) is 0 Å². The first-order chi connectivity index (χ1) is 11.3. The average molecular weight is 383 g/mol. The number of hydrogen-bond acceptors (Lipinski definition) is 6. The Labute approximate surface area is 152 Å². The summed E-state index contributed by atoms with van der Waals surface area (Å²) in [6, 6.07) is 0. The van der Waals surface area contributed by atoms with Crippen LogP contribution in [0.2, 0.25) is 0 Å². The summed E-state index contributed by atoms with van der Waals surface area (Å²) in [6.45, 7) is 4.32. The highest BCUT2D eigenvalue weighted by Crippen LogP contribution is 2.10. The number of carbonyl (C=O) groups excluding carboxylic acids is 2. The fourth-order valence-electron chi connectivity index (χ4n) is 2.03. The van der Waals surface area contributed by atoms with E-state index >= 15 is 0 Å². The zero-order valence-corrected chi connectivity index (χ0v) is 15.5. The van der Waals surface area contributed by atoms with E-state index in [1.165, 1.54) is 0 Å². The Morgan fingerprint density at radius 2 is 1.36 bits per heavy atom. The Kier molecular flexibility index (Phi) is 15.8. The lowest BCUT2D eigenvalue weighted by atomic mass is 10.2. The van der Waals surface area contributed by atoms with Crippen LogP contribution in [0.3, 0.4) is 0 Å². The van der Waals surface area contributed by atoms with Crippen LogP contribution >= 0.6 is 0 Å². The molecule has 0 aromatic carbocycles. The van der Waals surface area contributed by atoms with E-state index in [-0.39, 0.29) is 20.6 Å². The zero-order valence-electron chi connectivity index (χ0n) is 14.7. The van der Waals surface area contributed by atoms with Gasteiger partial charge in [0.05, 0.1) is 19.6 Å². The topological polar surface area (TPSA) is 107 Å². The van der Waals surface area contributed by atoms with Crippen LogP contribution in [0, 0.1) is 0 Å². The Bertz CT molecular complexity index is 460. The van der Waals surface area contributed by atoms with Gasteiger partial charge in [0, 0.05) is 0 Å². The molecule has 0 heterocycles. The summed E-state index contributed by atoms with van der Waals surface area (Å²) in [5.41, 5.74) is 0. The molecule has 0 aliphatic carbocycles. The molecule has 1 atom stereocenters. The van der Waals surface area contributed by atoms with Crippen LogP contribution in [0.5, 0.6) is 0 Å². The lowest BCUT2D eigenvalue weighted by molar-refractivity contribution is -0.150. The number of rotatable bonds is 14. The van der Waals surface area contributed by atoms with Crippen LogP contribution in [0.1, 0.15) is 79.1 Å². The van der Waals surface area contributed by atoms with Crippen molar-refractivity contribution in [2.24, 2.45) is 0 Å². The van der Waals surface area contributed by atoms with Gasteiger partial charge in [-0.15, -0.1) is 0 Å². The molecular weight excluding hydrogens is 348 g/mol. The van der Waals surface area contributed by atoms with E-state index in [2.05, 4.69) is 6.92 Å². The molecule has 0 bridgehead atoms. The highest BCUT2D eigenvalue weighted by atomic mass is 32.2. The molecule has 0 saturated heterocycles. The second-order valence-corrected chi connectivity index (χ2v) is 7.32. The fourth-order valence-corrected chi connectivity index (χ4v) is 2.69. The summed E-state index contributed by atoms with van der Waals surface area (Å²) >= 11 is 0. The third-order valence-electron chi connectivity index (χ3n) is 3.48. The summed E-state index contributed by atoms with van der Waals surface area (Å²) in [7, 11) is -4.72. The predicted octanol–water partition coefficient (Wildman–Crippen LogP) is 3.52. The summed E-state index contributed by atoms with van der Waals surface area (Å²) < 4.78 is 41.5. The van der Waals surface area contributed by atoms with E-state index < -0.39 is 33.7 Å². The molecule has 0 spiro atoms. The van der Waals surface area contributed by atoms with Crippen molar-refractivity contribution in [1.29, 1.82) is 0 Å². The van der Waals surface area contributed by atoms with Crippen molar-refractivity contribution >= 4 is 22.1 Å². The van der Waals surface area contributed by atoms with Crippen molar-refractivity contribution in [2.45, 2.75) is 84.3 Å². The molecule has 8 heteroatoms. The molecule has 1 unspecified atom stereocenters. The molecule has 1 N–H and O–H groups in total. The van der Waals surface area contributed by atoms with Gasteiger partial charge in [0.15, 0.2) is 5.25 Å². The molecule has 0 aliphatic heterocycles. The van der Waals surface area contributed by atoms with Crippen molar-refractivity contribution in [1.82, 2.24) is 0 Å². The van der Waals surface area contributed by atoms with Crippen LogP contribution in [-0.4, -0.2) is 43.4 Å². The SMILES string of the molecule is C.CCCCCCOC(=O)CC(C(=O)OCCCCCC)S(=O)(=O)O. The minimum Gasteiger partial charge on any atom is -0.466 e. The Hall–Kier alpha value is -1.15. The highest BCUT2D eigenvalue weighted by molar-refractivity contribution is 7.87. The highest BCUT2D eigenvalue weighted by Gasteiger charge is 2.35. The van der Waals surface area contributed by atoms with Gasteiger partial charge in [-0.25, -0.2) is 0 Å². The monoisotopic (exact) mass is 382 g/mol. The lowest BCUT2D eigenvalue weighted by Crippen LogP contribution is -2.34. The molecule has 0 fully saturated rings. The average Bonchev–Trinajstić information content (AvgIpc) is 2.51. The van der Waals surface area contributed by atoms with E-state index in [0.717, 1.165) is 38.5 Å². The van der Waals surface area contributed by atoms with Gasteiger partial charge in [0.25, 0.3) is 10.1 Å². The number of unbranched alkanes of at least 4 members (excludes halogenated alkanes) is 6. The van der Waals surface area contributed by atoms with E-state index in [1.807, 2.05) is 6.92 Å². The van der Waals surface area contributed by atoms with Gasteiger partial charge in [0.2, 0.25) is 0 Å². The van der Waals surface area contributed by atoms with Crippen molar-refractivity contribution < 1.29 is 32.0 Å². The first-order valence-corrected chi connectivity index (χ1v) is 10.1. The van der Waals surface area contributed by atoms with Gasteiger partial charge in [-0.3, -0.25) is 14.1 Å². The van der Waals surface area contributed by atoms with E-state index in [0.29, 0.717) is 12.8 Å². The van der Waals surface area contributed by atoms with E-state index in [1.54, 1.807) is 0 Å². The Morgan fingerprint density at radius 3 is 1.80 bits per heavy atom. The van der Waals surface area contributed by atoms with Crippen molar-refractivity contribution in [2.75, 3.05) is 13.2 Å². The largest absolute Gasteiger partial charge is 0.466 e. The zero-order chi connectivity index (χ0) is 18.4. The third kappa shape index (κ3) is 13.8. The normalized spacial score (nSPS) is 12.1. The van der Waals surface area contributed by atoms with Gasteiger partial charge in [-0.2, -0.15) is 8.42 Å². The number of hydrogen-bond donors (Lipinski definition) is 1. The maximum absolute atomic E-state index is 11.8. The van der Waals surface area contributed by atoms with Crippen molar-refractivity contribution in [3.05, 3.63) is 0 Å². The van der Waals surface area contributed by atoms with E-state index in [9.17, 15) is 18.0 Å². The van der Waals surface area contributed by atoms with E-state index in [4.69, 9.17) is 14.0 Å². The number of ether oxygens (including phenoxy) is 2. The van der Waals surface area contributed by atoms with Gasteiger partial charge in [0.1, 0.15) is 0 Å². The third-order valence-corrected chi connectivity index (χ3v) is 4.56. The number of esters is 2. The summed E-state index contributed by atoms with van der Waals surface area (Å²) in [6.07, 6.45) is 6.40. The van der Waals surface area contributed by atoms with Crippen LogP contribution in [0.15, 0.2) is 0 Å². The predicted molar refractivity (Wildman–Crippen MR) is 96.9 cm³/mol. The fraction of sp³-hybridized carbons (Fsp3) is 0.882. The van der Waals surface area contributed by atoms with Crippen molar-refractivity contribution in [3.63, 3.8) is 0 Å². The molecular formula is C17H34O7S.